The van der Waals surface area contributed by atoms with Crippen molar-refractivity contribution < 1.29 is 38.2 Å². The molecule has 1 fully saturated rings. The van der Waals surface area contributed by atoms with Crippen molar-refractivity contribution >= 4 is 25.9 Å². The fourth-order valence-corrected chi connectivity index (χ4v) is 4.22. The van der Waals surface area contributed by atoms with Crippen molar-refractivity contribution in [2.75, 3.05) is 20.3 Å². The van der Waals surface area contributed by atoms with E-state index in [2.05, 4.69) is 15.1 Å². The summed E-state index contributed by atoms with van der Waals surface area (Å²) >= 11 is 0. The van der Waals surface area contributed by atoms with E-state index in [0.29, 0.717) is 0 Å². The molecule has 1 amide bonds. The van der Waals surface area contributed by atoms with Crippen LogP contribution in [0.25, 0.3) is 0 Å². The van der Waals surface area contributed by atoms with Gasteiger partial charge in [0.05, 0.1) is 0 Å². The molecule has 0 spiro atoms. The molecule has 0 saturated carbocycles. The van der Waals surface area contributed by atoms with Crippen LogP contribution in [0.15, 0.2) is 0 Å². The van der Waals surface area contributed by atoms with Crippen LogP contribution < -0.4 is 10.4 Å². The fourth-order valence-electron chi connectivity index (χ4n) is 2.01. The third kappa shape index (κ3) is 5.64. The molecule has 1 saturated heterocycles. The maximum absolute atomic E-state index is 12.3. The van der Waals surface area contributed by atoms with E-state index in [1.165, 1.54) is 14.0 Å². The summed E-state index contributed by atoms with van der Waals surface area (Å²) in [6, 6.07) is -1.11. The van der Waals surface area contributed by atoms with Crippen LogP contribution in [0.5, 0.6) is 0 Å². The molecule has 0 aromatic carbocycles. The molecule has 140 valence electrons. The Hall–Kier alpha value is -1.32. The molecular weight excluding hydrogens is 343 g/mol. The van der Waals surface area contributed by atoms with Crippen LogP contribution in [-0.2, 0) is 28.2 Å². The number of amides is 1. The molecule has 0 aliphatic carbocycles. The Morgan fingerprint density at radius 1 is 1.42 bits per heavy atom. The molecule has 0 bridgehead atoms. The zero-order valence-electron chi connectivity index (χ0n) is 14.1. The van der Waals surface area contributed by atoms with Gasteiger partial charge in [0.15, 0.2) is 0 Å². The van der Waals surface area contributed by atoms with Crippen molar-refractivity contribution in [1.82, 2.24) is 10.4 Å². The van der Waals surface area contributed by atoms with Gasteiger partial charge >= 0.3 is 140 Å². The van der Waals surface area contributed by atoms with Crippen LogP contribution in [0, 0.1) is 5.41 Å². The van der Waals surface area contributed by atoms with Crippen LogP contribution in [0.1, 0.15) is 27.2 Å². The Balaban J connectivity index is 2.73. The summed E-state index contributed by atoms with van der Waals surface area (Å²) < 4.78 is 15.2. The van der Waals surface area contributed by atoms with Crippen molar-refractivity contribution in [2.24, 2.45) is 5.41 Å². The average Bonchev–Trinajstić information content (AvgIpc) is 2.49. The minimum absolute atomic E-state index is 0.00187. The molecule has 24 heavy (non-hydrogen) atoms. The Bertz CT molecular complexity index is 500. The molecular formula is C13H25N2O8P. The van der Waals surface area contributed by atoms with Gasteiger partial charge in [0.25, 0.3) is 0 Å². The molecule has 2 atom stereocenters. The molecule has 1 aliphatic heterocycles. The molecule has 11 heteroatoms. The number of rotatable bonds is 7. The molecule has 0 unspecified atom stereocenters. The first-order chi connectivity index (χ1) is 11.0. The van der Waals surface area contributed by atoms with Gasteiger partial charge in [-0.25, -0.2) is 0 Å². The molecule has 1 rings (SSSR count). The van der Waals surface area contributed by atoms with Crippen LogP contribution in [0.4, 0.5) is 0 Å². The van der Waals surface area contributed by atoms with Gasteiger partial charge in [0.1, 0.15) is 0 Å². The van der Waals surface area contributed by atoms with Gasteiger partial charge in [0.2, 0.25) is 0 Å². The van der Waals surface area contributed by atoms with Gasteiger partial charge in [-0.15, -0.1) is 0 Å². The Kier molecular flexibility index (Phi) is 7.06. The predicted molar refractivity (Wildman–Crippen MR) is 85.0 cm³/mol. The third-order valence-corrected chi connectivity index (χ3v) is 5.38. The van der Waals surface area contributed by atoms with Crippen LogP contribution >= 0.6 is 8.09 Å². The number of carboxylic acid groups (broad SMARTS) is 1. The van der Waals surface area contributed by atoms with Crippen LogP contribution in [0.3, 0.4) is 0 Å². The quantitative estimate of drug-likeness (QED) is 0.348. The van der Waals surface area contributed by atoms with Gasteiger partial charge in [-0.3, -0.25) is 0 Å². The summed E-state index contributed by atoms with van der Waals surface area (Å²) in [5, 5.41) is 13.8. The van der Waals surface area contributed by atoms with Crippen molar-refractivity contribution in [2.45, 2.75) is 39.3 Å². The van der Waals surface area contributed by atoms with Gasteiger partial charge < -0.3 is 0 Å². The number of ether oxygens (including phenoxy) is 1. The first kappa shape index (κ1) is 20.7. The minimum atomic E-state index is -4.03. The second kappa shape index (κ2) is 8.17. The number of carboxylic acids is 1. The topological polar surface area (TPSA) is 143 Å². The van der Waals surface area contributed by atoms with E-state index in [-0.39, 0.29) is 19.6 Å². The number of methoxy groups -OCH3 is 1. The number of nitrogens with one attached hydrogen (secondary N) is 2. The SMILES string of the molecule is COC(=O)CCNC(=O)[C@@H]1O[PH](O)(N[C@@H](C)C(=O)O)OCC1(C)C. The summed E-state index contributed by atoms with van der Waals surface area (Å²) in [4.78, 5) is 44.6. The molecule has 1 aliphatic rings. The summed E-state index contributed by atoms with van der Waals surface area (Å²) in [5.41, 5.74) is -0.747. The summed E-state index contributed by atoms with van der Waals surface area (Å²) in [6.45, 7) is 4.81. The van der Waals surface area contributed by atoms with Crippen molar-refractivity contribution in [1.29, 1.82) is 0 Å². The Morgan fingerprint density at radius 3 is 2.58 bits per heavy atom. The van der Waals surface area contributed by atoms with Crippen LogP contribution in [-0.4, -0.2) is 60.3 Å². The number of hydrogen-bond donors (Lipinski definition) is 4. The van der Waals surface area contributed by atoms with Gasteiger partial charge in [-0.2, -0.15) is 0 Å². The first-order valence-corrected chi connectivity index (χ1v) is 9.16. The molecule has 0 radical (unpaired) electrons. The molecule has 1 heterocycles. The zero-order chi connectivity index (χ0) is 18.5. The van der Waals surface area contributed by atoms with E-state index in [4.69, 9.17) is 14.2 Å². The summed E-state index contributed by atoms with van der Waals surface area (Å²) in [5.74, 6) is -2.18. The van der Waals surface area contributed by atoms with E-state index in [9.17, 15) is 19.3 Å². The fraction of sp³-hybridized carbons (Fsp3) is 0.769. The Labute approximate surface area is 140 Å². The zero-order valence-corrected chi connectivity index (χ0v) is 15.1. The summed E-state index contributed by atoms with van der Waals surface area (Å²) in [6.07, 6.45) is -1.06. The predicted octanol–water partition coefficient (Wildman–Crippen LogP) is -0.428. The molecule has 0 aromatic heterocycles. The van der Waals surface area contributed by atoms with E-state index in [1.807, 2.05) is 0 Å². The molecule has 0 aromatic rings. The monoisotopic (exact) mass is 368 g/mol. The first-order valence-electron chi connectivity index (χ1n) is 7.40. The third-order valence-electron chi connectivity index (χ3n) is 3.49. The Morgan fingerprint density at radius 2 is 2.04 bits per heavy atom. The van der Waals surface area contributed by atoms with Gasteiger partial charge in [0, 0.05) is 0 Å². The summed E-state index contributed by atoms with van der Waals surface area (Å²) in [7, 11) is -2.78. The second-order valence-corrected chi connectivity index (χ2v) is 8.16. The van der Waals surface area contributed by atoms with Crippen molar-refractivity contribution in [3.05, 3.63) is 0 Å². The van der Waals surface area contributed by atoms with E-state index >= 15 is 0 Å². The van der Waals surface area contributed by atoms with Gasteiger partial charge in [-0.05, 0) is 0 Å². The normalized spacial score (nSPS) is 24.5. The number of aliphatic carboxylic acids is 1. The molecule has 4 N–H and O–H groups in total. The van der Waals surface area contributed by atoms with E-state index in [1.54, 1.807) is 13.8 Å². The number of carbonyl (C=O) groups excluding carboxylic acids is 2. The van der Waals surface area contributed by atoms with E-state index in [0.717, 1.165) is 0 Å². The number of hydrogen-bond acceptors (Lipinski definition) is 8. The average molecular weight is 368 g/mol. The second-order valence-electron chi connectivity index (χ2n) is 6.18. The van der Waals surface area contributed by atoms with E-state index < -0.39 is 43.5 Å². The van der Waals surface area contributed by atoms with Crippen molar-refractivity contribution in [3.8, 4) is 0 Å². The standard InChI is InChI=1S/C13H25N2O8P/c1-8(12(18)19)15-24(20)22-7-13(2,3)10(23-24)11(17)14-6-5-9(16)21-4/h8,10,15,20,24H,5-7H2,1-4H3,(H,14,17)(H,18,19)/t8-,10-/m0/s1. The molecule has 10 nitrogen and oxygen atoms in total. The number of esters is 1. The number of carbonyl (C=O) groups is 3. The maximum atomic E-state index is 12.3. The van der Waals surface area contributed by atoms with Crippen LogP contribution in [0.2, 0.25) is 0 Å². The van der Waals surface area contributed by atoms with Gasteiger partial charge in [-0.1, -0.05) is 0 Å². The van der Waals surface area contributed by atoms with Crippen molar-refractivity contribution in [3.63, 3.8) is 0 Å².